The zero-order chi connectivity index (χ0) is 16.6. The summed E-state index contributed by atoms with van der Waals surface area (Å²) in [5.74, 6) is 2.06. The summed E-state index contributed by atoms with van der Waals surface area (Å²) in [7, 11) is 0. The SMILES string of the molecule is N#CC1(C#N)[C@H](C(=O)C23CC4CC(CC(C4)C2)C3)C12CCOCC2. The molecular weight excluding hydrogens is 300 g/mol. The molecule has 6 fully saturated rings. The van der Waals surface area contributed by atoms with Crippen molar-refractivity contribution >= 4 is 5.78 Å². The highest BCUT2D eigenvalue weighted by Gasteiger charge is 2.82. The van der Waals surface area contributed by atoms with Crippen LogP contribution in [-0.2, 0) is 9.53 Å². The van der Waals surface area contributed by atoms with Gasteiger partial charge in [-0.1, -0.05) is 0 Å². The highest BCUT2D eigenvalue weighted by Crippen LogP contribution is 2.76. The van der Waals surface area contributed by atoms with Crippen molar-refractivity contribution in [3.63, 3.8) is 0 Å². The molecule has 4 bridgehead atoms. The van der Waals surface area contributed by atoms with Crippen molar-refractivity contribution in [2.24, 2.45) is 39.9 Å². The predicted octanol–water partition coefficient (Wildman–Crippen LogP) is 3.23. The second kappa shape index (κ2) is 4.61. The van der Waals surface area contributed by atoms with Crippen molar-refractivity contribution in [3.8, 4) is 12.1 Å². The number of hydrogen-bond donors (Lipinski definition) is 0. The summed E-state index contributed by atoms with van der Waals surface area (Å²) in [5, 5.41) is 19.6. The fraction of sp³-hybridized carbons (Fsp3) is 0.850. The number of Topliss-reactive ketones (excluding diaryl/α,β-unsaturated/α-hetero) is 1. The summed E-state index contributed by atoms with van der Waals surface area (Å²) < 4.78 is 5.47. The summed E-state index contributed by atoms with van der Waals surface area (Å²) in [6.45, 7) is 1.16. The lowest BCUT2D eigenvalue weighted by atomic mass is 9.48. The summed E-state index contributed by atoms with van der Waals surface area (Å²) in [6, 6.07) is 4.58. The maximum absolute atomic E-state index is 13.7. The fourth-order valence-electron chi connectivity index (χ4n) is 7.56. The van der Waals surface area contributed by atoms with E-state index in [1.165, 1.54) is 19.3 Å². The first-order valence-corrected chi connectivity index (χ1v) is 9.54. The third kappa shape index (κ3) is 1.59. The number of hydrogen-bond acceptors (Lipinski definition) is 4. The molecule has 5 aliphatic carbocycles. The van der Waals surface area contributed by atoms with Gasteiger partial charge in [-0.2, -0.15) is 10.5 Å². The van der Waals surface area contributed by atoms with E-state index in [-0.39, 0.29) is 17.1 Å². The standard InChI is InChI=1S/C20H24N2O2/c21-11-20(12-22)16(19(20)1-3-24-4-2-19)17(23)18-8-13-5-14(9-18)7-15(6-13)10-18/h13-16H,1-10H2/t13?,14?,15?,16-,18?/m1/s1. The molecule has 6 aliphatic rings. The summed E-state index contributed by atoms with van der Waals surface area (Å²) in [4.78, 5) is 13.7. The van der Waals surface area contributed by atoms with E-state index in [9.17, 15) is 15.3 Å². The maximum Gasteiger partial charge on any atom is 0.160 e. The van der Waals surface area contributed by atoms with Gasteiger partial charge in [-0.05, 0) is 69.1 Å². The van der Waals surface area contributed by atoms with Gasteiger partial charge in [0.2, 0.25) is 0 Å². The topological polar surface area (TPSA) is 73.9 Å². The lowest BCUT2D eigenvalue weighted by molar-refractivity contribution is -0.146. The van der Waals surface area contributed by atoms with Crippen molar-refractivity contribution in [2.45, 2.75) is 51.4 Å². The van der Waals surface area contributed by atoms with Crippen molar-refractivity contribution in [3.05, 3.63) is 0 Å². The largest absolute Gasteiger partial charge is 0.381 e. The Hall–Kier alpha value is -1.39. The Morgan fingerprint density at radius 3 is 1.88 bits per heavy atom. The van der Waals surface area contributed by atoms with Gasteiger partial charge in [0, 0.05) is 24.0 Å². The number of carbonyl (C=O) groups excluding carboxylic acids is 1. The third-order valence-electron chi connectivity index (χ3n) is 8.25. The van der Waals surface area contributed by atoms with Crippen LogP contribution in [0, 0.1) is 62.6 Å². The van der Waals surface area contributed by atoms with E-state index in [0.29, 0.717) is 43.8 Å². The number of nitrogens with zero attached hydrogens (tertiary/aromatic N) is 2. The summed E-state index contributed by atoms with van der Waals surface area (Å²) in [5.41, 5.74) is -1.72. The van der Waals surface area contributed by atoms with Gasteiger partial charge in [0.05, 0.1) is 18.1 Å². The smallest absolute Gasteiger partial charge is 0.160 e. The minimum absolute atomic E-state index is 0.208. The number of carbonyl (C=O) groups is 1. The normalized spacial score (nSPS) is 46.2. The highest BCUT2D eigenvalue weighted by atomic mass is 16.5. The molecule has 0 N–H and O–H groups in total. The summed E-state index contributed by atoms with van der Waals surface area (Å²) in [6.07, 6.45) is 8.36. The Morgan fingerprint density at radius 1 is 0.917 bits per heavy atom. The van der Waals surface area contributed by atoms with Crippen molar-refractivity contribution in [1.29, 1.82) is 10.5 Å². The Bertz CT molecular complexity index is 627. The lowest BCUT2D eigenvalue weighted by Gasteiger charge is -2.56. The summed E-state index contributed by atoms with van der Waals surface area (Å²) >= 11 is 0. The van der Waals surface area contributed by atoms with Gasteiger partial charge in [0.15, 0.2) is 5.41 Å². The monoisotopic (exact) mass is 324 g/mol. The average molecular weight is 324 g/mol. The molecular formula is C20H24N2O2. The first-order chi connectivity index (χ1) is 11.6. The fourth-order valence-corrected chi connectivity index (χ4v) is 7.56. The molecule has 1 spiro atoms. The van der Waals surface area contributed by atoms with Gasteiger partial charge < -0.3 is 4.74 Å². The van der Waals surface area contributed by atoms with Crippen molar-refractivity contribution < 1.29 is 9.53 Å². The average Bonchev–Trinajstić information content (AvgIpc) is 3.13. The van der Waals surface area contributed by atoms with Crippen LogP contribution in [0.2, 0.25) is 0 Å². The zero-order valence-corrected chi connectivity index (χ0v) is 14.1. The Balaban J connectivity index is 1.51. The first-order valence-electron chi connectivity index (χ1n) is 9.54. The maximum atomic E-state index is 13.7. The molecule has 6 rings (SSSR count). The molecule has 0 aromatic heterocycles. The molecule has 4 heteroatoms. The molecule has 126 valence electrons. The van der Waals surface area contributed by atoms with Crippen LogP contribution in [0.5, 0.6) is 0 Å². The molecule has 1 saturated heterocycles. The number of rotatable bonds is 2. The molecule has 1 heterocycles. The van der Waals surface area contributed by atoms with E-state index in [0.717, 1.165) is 19.3 Å². The quantitative estimate of drug-likeness (QED) is 0.781. The Morgan fingerprint density at radius 2 is 1.42 bits per heavy atom. The van der Waals surface area contributed by atoms with Crippen LogP contribution in [0.25, 0.3) is 0 Å². The van der Waals surface area contributed by atoms with E-state index < -0.39 is 10.8 Å². The minimum atomic E-state index is -1.09. The lowest BCUT2D eigenvalue weighted by Crippen LogP contribution is -2.51. The molecule has 0 unspecified atom stereocenters. The van der Waals surface area contributed by atoms with Gasteiger partial charge in [-0.3, -0.25) is 4.79 Å². The molecule has 0 amide bonds. The van der Waals surface area contributed by atoms with E-state index in [2.05, 4.69) is 12.1 Å². The second-order valence-electron chi connectivity index (χ2n) is 9.30. The molecule has 1 atom stereocenters. The second-order valence-corrected chi connectivity index (χ2v) is 9.30. The van der Waals surface area contributed by atoms with E-state index in [1.54, 1.807) is 0 Å². The first kappa shape index (κ1) is 14.9. The number of ether oxygens (including phenoxy) is 1. The van der Waals surface area contributed by atoms with Crippen LogP contribution >= 0.6 is 0 Å². The number of nitriles is 2. The molecule has 0 aromatic carbocycles. The van der Waals surface area contributed by atoms with Gasteiger partial charge in [-0.15, -0.1) is 0 Å². The Kier molecular flexibility index (Phi) is 2.87. The van der Waals surface area contributed by atoms with Crippen LogP contribution in [0.4, 0.5) is 0 Å². The van der Waals surface area contributed by atoms with E-state index in [4.69, 9.17) is 4.74 Å². The predicted molar refractivity (Wildman–Crippen MR) is 85.2 cm³/mol. The van der Waals surface area contributed by atoms with Crippen LogP contribution in [0.1, 0.15) is 51.4 Å². The van der Waals surface area contributed by atoms with Crippen molar-refractivity contribution in [1.82, 2.24) is 0 Å². The van der Waals surface area contributed by atoms with Crippen molar-refractivity contribution in [2.75, 3.05) is 13.2 Å². The molecule has 5 saturated carbocycles. The van der Waals surface area contributed by atoms with Gasteiger partial charge in [0.1, 0.15) is 5.78 Å². The van der Waals surface area contributed by atoms with Crippen LogP contribution < -0.4 is 0 Å². The van der Waals surface area contributed by atoms with Gasteiger partial charge in [0.25, 0.3) is 0 Å². The van der Waals surface area contributed by atoms with E-state index in [1.807, 2.05) is 0 Å². The third-order valence-corrected chi connectivity index (χ3v) is 8.25. The Labute approximate surface area is 143 Å². The minimum Gasteiger partial charge on any atom is -0.381 e. The highest BCUT2D eigenvalue weighted by molar-refractivity contribution is 5.94. The van der Waals surface area contributed by atoms with Gasteiger partial charge in [-0.25, -0.2) is 0 Å². The van der Waals surface area contributed by atoms with Gasteiger partial charge >= 0.3 is 0 Å². The van der Waals surface area contributed by atoms with E-state index >= 15 is 0 Å². The molecule has 0 aromatic rings. The van der Waals surface area contributed by atoms with Crippen LogP contribution in [0.3, 0.4) is 0 Å². The van der Waals surface area contributed by atoms with Crippen LogP contribution in [0.15, 0.2) is 0 Å². The van der Waals surface area contributed by atoms with Crippen LogP contribution in [-0.4, -0.2) is 19.0 Å². The molecule has 0 radical (unpaired) electrons. The number of ketones is 1. The molecule has 1 aliphatic heterocycles. The zero-order valence-electron chi connectivity index (χ0n) is 14.1. The molecule has 4 nitrogen and oxygen atoms in total. The molecule has 24 heavy (non-hydrogen) atoms.